The molecule has 4 nitrogen and oxygen atoms in total. The highest BCUT2D eigenvalue weighted by molar-refractivity contribution is 5.85. The molecular formula is C17H22FN3O. The van der Waals surface area contributed by atoms with Gasteiger partial charge in [0.1, 0.15) is 17.4 Å². The van der Waals surface area contributed by atoms with Crippen LogP contribution in [-0.4, -0.2) is 17.5 Å². The minimum absolute atomic E-state index is 0.232. The number of nitrogens with zero attached hydrogens (tertiary/aromatic N) is 1. The zero-order chi connectivity index (χ0) is 16.2. The fraction of sp³-hybridized carbons (Fsp3) is 0.529. The SMILES string of the molecule is Cc1ccc(N[C@H](C)C(=O)NC2(C#N)CCCCC2)cc1F. The first-order valence-electron chi connectivity index (χ1n) is 7.72. The predicted octanol–water partition coefficient (Wildman–Crippen LogP) is 3.28. The lowest BCUT2D eigenvalue weighted by molar-refractivity contribution is -0.123. The van der Waals surface area contributed by atoms with Crippen LogP contribution in [-0.2, 0) is 4.79 Å². The molecule has 0 heterocycles. The fourth-order valence-corrected chi connectivity index (χ4v) is 2.76. The third-order valence-electron chi connectivity index (χ3n) is 4.23. The van der Waals surface area contributed by atoms with E-state index < -0.39 is 11.6 Å². The van der Waals surface area contributed by atoms with Crippen molar-refractivity contribution in [1.82, 2.24) is 5.32 Å². The Labute approximate surface area is 130 Å². The lowest BCUT2D eigenvalue weighted by Crippen LogP contribution is -2.52. The van der Waals surface area contributed by atoms with Crippen LogP contribution in [0.2, 0.25) is 0 Å². The van der Waals surface area contributed by atoms with Gasteiger partial charge in [-0.1, -0.05) is 25.3 Å². The molecule has 0 aromatic heterocycles. The highest BCUT2D eigenvalue weighted by Crippen LogP contribution is 2.27. The van der Waals surface area contributed by atoms with Gasteiger partial charge in [0.2, 0.25) is 5.91 Å². The Morgan fingerprint density at radius 2 is 2.05 bits per heavy atom. The van der Waals surface area contributed by atoms with Crippen molar-refractivity contribution in [3.05, 3.63) is 29.6 Å². The van der Waals surface area contributed by atoms with Crippen molar-refractivity contribution in [2.75, 3.05) is 5.32 Å². The third-order valence-corrected chi connectivity index (χ3v) is 4.23. The van der Waals surface area contributed by atoms with Crippen molar-refractivity contribution < 1.29 is 9.18 Å². The summed E-state index contributed by atoms with van der Waals surface area (Å²) in [7, 11) is 0. The normalized spacial score (nSPS) is 18.1. The number of benzene rings is 1. The number of aryl methyl sites for hydroxylation is 1. The van der Waals surface area contributed by atoms with Gasteiger partial charge in [0.05, 0.1) is 6.07 Å². The molecule has 5 heteroatoms. The summed E-state index contributed by atoms with van der Waals surface area (Å²) in [5.74, 6) is -0.539. The number of anilines is 1. The molecule has 1 aliphatic rings. The molecule has 2 N–H and O–H groups in total. The van der Waals surface area contributed by atoms with Crippen LogP contribution in [0.1, 0.15) is 44.6 Å². The van der Waals surface area contributed by atoms with Crippen LogP contribution in [0, 0.1) is 24.1 Å². The molecule has 1 saturated carbocycles. The van der Waals surface area contributed by atoms with Gasteiger partial charge in [-0.05, 0) is 44.4 Å². The maximum absolute atomic E-state index is 13.5. The van der Waals surface area contributed by atoms with E-state index in [4.69, 9.17) is 0 Å². The maximum Gasteiger partial charge on any atom is 0.243 e. The van der Waals surface area contributed by atoms with E-state index in [1.807, 2.05) is 0 Å². The highest BCUT2D eigenvalue weighted by atomic mass is 19.1. The van der Waals surface area contributed by atoms with Crippen molar-refractivity contribution in [3.8, 4) is 6.07 Å². The van der Waals surface area contributed by atoms with Gasteiger partial charge in [0.25, 0.3) is 0 Å². The summed E-state index contributed by atoms with van der Waals surface area (Å²) in [4.78, 5) is 12.3. The number of nitrogens with one attached hydrogen (secondary N) is 2. The lowest BCUT2D eigenvalue weighted by Gasteiger charge is -2.32. The van der Waals surface area contributed by atoms with E-state index in [9.17, 15) is 14.4 Å². The van der Waals surface area contributed by atoms with Crippen LogP contribution in [0.15, 0.2) is 18.2 Å². The van der Waals surface area contributed by atoms with Crippen LogP contribution in [0.25, 0.3) is 0 Å². The summed E-state index contributed by atoms with van der Waals surface area (Å²) >= 11 is 0. The fourth-order valence-electron chi connectivity index (χ4n) is 2.76. The van der Waals surface area contributed by atoms with Gasteiger partial charge >= 0.3 is 0 Å². The van der Waals surface area contributed by atoms with Crippen LogP contribution in [0.4, 0.5) is 10.1 Å². The molecule has 0 radical (unpaired) electrons. The number of hydrogen-bond donors (Lipinski definition) is 2. The second-order valence-corrected chi connectivity index (χ2v) is 6.07. The molecule has 1 atom stereocenters. The summed E-state index contributed by atoms with van der Waals surface area (Å²) in [5, 5.41) is 15.2. The standard InChI is InChI=1S/C17H22FN3O/c1-12-6-7-14(10-15(12)18)20-13(2)16(22)21-17(11-19)8-4-3-5-9-17/h6-7,10,13,20H,3-5,8-9H2,1-2H3,(H,21,22)/t13-/m1/s1. The molecule has 0 saturated heterocycles. The Morgan fingerprint density at radius 3 is 2.64 bits per heavy atom. The smallest absolute Gasteiger partial charge is 0.243 e. The van der Waals surface area contributed by atoms with Gasteiger partial charge in [0.15, 0.2) is 0 Å². The Balaban J connectivity index is 1.99. The number of carbonyl (C=O) groups is 1. The first kappa shape index (κ1) is 16.3. The van der Waals surface area contributed by atoms with Gasteiger partial charge in [-0.25, -0.2) is 4.39 Å². The van der Waals surface area contributed by atoms with E-state index in [1.165, 1.54) is 6.07 Å². The topological polar surface area (TPSA) is 64.9 Å². The highest BCUT2D eigenvalue weighted by Gasteiger charge is 2.34. The number of amides is 1. The second-order valence-electron chi connectivity index (χ2n) is 6.07. The molecule has 22 heavy (non-hydrogen) atoms. The van der Waals surface area contributed by atoms with Gasteiger partial charge < -0.3 is 10.6 Å². The zero-order valence-corrected chi connectivity index (χ0v) is 13.1. The van der Waals surface area contributed by atoms with Gasteiger partial charge in [-0.15, -0.1) is 0 Å². The molecule has 1 aromatic rings. The number of halogens is 1. The average molecular weight is 303 g/mol. The van der Waals surface area contributed by atoms with Crippen molar-refractivity contribution in [1.29, 1.82) is 5.26 Å². The summed E-state index contributed by atoms with van der Waals surface area (Å²) in [6.45, 7) is 3.40. The largest absolute Gasteiger partial charge is 0.374 e. The van der Waals surface area contributed by atoms with E-state index in [1.54, 1.807) is 26.0 Å². The minimum atomic E-state index is -0.746. The number of nitriles is 1. The van der Waals surface area contributed by atoms with Gasteiger partial charge in [-0.3, -0.25) is 4.79 Å². The quantitative estimate of drug-likeness (QED) is 0.897. The Morgan fingerprint density at radius 1 is 1.36 bits per heavy atom. The van der Waals surface area contributed by atoms with Crippen LogP contribution >= 0.6 is 0 Å². The van der Waals surface area contributed by atoms with E-state index in [0.29, 0.717) is 24.1 Å². The van der Waals surface area contributed by atoms with E-state index in [0.717, 1.165) is 19.3 Å². The van der Waals surface area contributed by atoms with E-state index in [2.05, 4.69) is 16.7 Å². The Hall–Kier alpha value is -2.09. The molecule has 2 rings (SSSR count). The lowest BCUT2D eigenvalue weighted by atomic mass is 9.82. The summed E-state index contributed by atoms with van der Waals surface area (Å²) < 4.78 is 13.5. The summed E-state index contributed by atoms with van der Waals surface area (Å²) in [6.07, 6.45) is 4.41. The second kappa shape index (κ2) is 6.78. The first-order valence-corrected chi connectivity index (χ1v) is 7.72. The zero-order valence-electron chi connectivity index (χ0n) is 13.1. The van der Waals surface area contributed by atoms with E-state index in [-0.39, 0.29) is 11.7 Å². The summed E-state index contributed by atoms with van der Waals surface area (Å²) in [5.41, 5.74) is 0.373. The number of hydrogen-bond acceptors (Lipinski definition) is 3. The monoisotopic (exact) mass is 303 g/mol. The molecule has 1 aromatic carbocycles. The van der Waals surface area contributed by atoms with Gasteiger partial charge in [0, 0.05) is 5.69 Å². The number of carbonyl (C=O) groups excluding carboxylic acids is 1. The average Bonchev–Trinajstić information content (AvgIpc) is 2.51. The first-order chi connectivity index (χ1) is 10.5. The van der Waals surface area contributed by atoms with Gasteiger partial charge in [-0.2, -0.15) is 5.26 Å². The minimum Gasteiger partial charge on any atom is -0.374 e. The molecular weight excluding hydrogens is 281 g/mol. The van der Waals surface area contributed by atoms with Crippen molar-refractivity contribution >= 4 is 11.6 Å². The molecule has 0 unspecified atom stereocenters. The van der Waals surface area contributed by atoms with Crippen molar-refractivity contribution in [3.63, 3.8) is 0 Å². The van der Waals surface area contributed by atoms with Crippen molar-refractivity contribution in [2.24, 2.45) is 0 Å². The van der Waals surface area contributed by atoms with Crippen molar-refractivity contribution in [2.45, 2.75) is 57.5 Å². The number of rotatable bonds is 4. The molecule has 0 spiro atoms. The maximum atomic E-state index is 13.5. The molecule has 0 aliphatic heterocycles. The Kier molecular flexibility index (Phi) is 5.02. The van der Waals surface area contributed by atoms with E-state index >= 15 is 0 Å². The van der Waals surface area contributed by atoms with Crippen LogP contribution in [0.3, 0.4) is 0 Å². The molecule has 1 amide bonds. The molecule has 118 valence electrons. The Bertz CT molecular complexity index is 588. The third kappa shape index (κ3) is 3.76. The molecule has 0 bridgehead atoms. The molecule has 1 fully saturated rings. The molecule has 1 aliphatic carbocycles. The summed E-state index contributed by atoms with van der Waals surface area (Å²) in [6, 6.07) is 6.51. The van der Waals surface area contributed by atoms with Crippen LogP contribution in [0.5, 0.6) is 0 Å². The van der Waals surface area contributed by atoms with Crippen LogP contribution < -0.4 is 10.6 Å². The predicted molar refractivity (Wildman–Crippen MR) is 83.8 cm³/mol.